The topological polar surface area (TPSA) is 126 Å². The molecule has 2 aromatic carbocycles. The fourth-order valence-corrected chi connectivity index (χ4v) is 3.30. The Balaban J connectivity index is 1.90. The first-order chi connectivity index (χ1) is 13.8. The third-order valence-electron chi connectivity index (χ3n) is 4.77. The van der Waals surface area contributed by atoms with Gasteiger partial charge in [0.15, 0.2) is 5.54 Å². The molecule has 0 radical (unpaired) electrons. The summed E-state index contributed by atoms with van der Waals surface area (Å²) in [4.78, 5) is 40.9. The van der Waals surface area contributed by atoms with Gasteiger partial charge in [-0.25, -0.2) is 4.39 Å². The number of hydrogen-bond acceptors (Lipinski definition) is 5. The van der Waals surface area contributed by atoms with Gasteiger partial charge in [-0.15, -0.1) is 0 Å². The highest BCUT2D eigenvalue weighted by molar-refractivity contribution is 6.47. The Morgan fingerprint density at radius 3 is 2.41 bits per heavy atom. The van der Waals surface area contributed by atoms with E-state index in [4.69, 9.17) is 5.73 Å². The Kier molecular flexibility index (Phi) is 5.42. The minimum atomic E-state index is -1.58. The summed E-state index contributed by atoms with van der Waals surface area (Å²) < 4.78 is 14.0. The molecule has 9 heteroatoms. The first kappa shape index (κ1) is 20.2. The number of aryl methyl sites for hydroxylation is 1. The molecule has 0 aromatic heterocycles. The van der Waals surface area contributed by atoms with Gasteiger partial charge in [0.05, 0.1) is 12.2 Å². The zero-order valence-electron chi connectivity index (χ0n) is 15.9. The normalized spacial score (nSPS) is 18.1. The van der Waals surface area contributed by atoms with E-state index in [1.807, 2.05) is 0 Å². The fraction of sp³-hybridized carbons (Fsp3) is 0.200. The number of anilines is 1. The predicted octanol–water partition coefficient (Wildman–Crippen LogP) is 0.815. The van der Waals surface area contributed by atoms with Crippen LogP contribution in [-0.4, -0.2) is 37.1 Å². The Labute approximate surface area is 166 Å². The van der Waals surface area contributed by atoms with Crippen LogP contribution in [0.5, 0.6) is 0 Å². The number of amides is 3. The molecule has 1 unspecified atom stereocenters. The van der Waals surface area contributed by atoms with Crippen LogP contribution in [-0.2, 0) is 15.1 Å². The van der Waals surface area contributed by atoms with E-state index in [0.29, 0.717) is 16.8 Å². The summed E-state index contributed by atoms with van der Waals surface area (Å²) in [6.07, 6.45) is 0. The summed E-state index contributed by atoms with van der Waals surface area (Å²) >= 11 is 0. The van der Waals surface area contributed by atoms with E-state index in [-0.39, 0.29) is 17.9 Å². The smallest absolute Gasteiger partial charge is 0.267 e. The van der Waals surface area contributed by atoms with Gasteiger partial charge in [-0.1, -0.05) is 24.3 Å². The van der Waals surface area contributed by atoms with Crippen LogP contribution >= 0.6 is 0 Å². The Bertz CT molecular complexity index is 999. The SMILES string of the molecule is CNC(=O)C1=NCNC1(C(N)=O)c1ccc(NC(=O)c2c(C)cccc2F)cc1. The number of nitrogens with one attached hydrogen (secondary N) is 3. The first-order valence-corrected chi connectivity index (χ1v) is 8.80. The summed E-state index contributed by atoms with van der Waals surface area (Å²) in [6, 6.07) is 10.6. The van der Waals surface area contributed by atoms with Crippen LogP contribution in [0.4, 0.5) is 10.1 Å². The zero-order chi connectivity index (χ0) is 21.2. The lowest BCUT2D eigenvalue weighted by atomic mass is 9.84. The summed E-state index contributed by atoms with van der Waals surface area (Å²) in [7, 11) is 1.43. The van der Waals surface area contributed by atoms with E-state index in [9.17, 15) is 18.8 Å². The molecule has 2 aromatic rings. The minimum absolute atomic E-state index is 0.0359. The van der Waals surface area contributed by atoms with Crippen molar-refractivity contribution < 1.29 is 18.8 Å². The first-order valence-electron chi connectivity index (χ1n) is 8.80. The molecule has 150 valence electrons. The molecule has 1 aliphatic heterocycles. The van der Waals surface area contributed by atoms with Crippen LogP contribution in [0.3, 0.4) is 0 Å². The van der Waals surface area contributed by atoms with E-state index < -0.39 is 29.1 Å². The number of aliphatic imine (C=N–C) groups is 1. The molecule has 1 aliphatic rings. The quantitative estimate of drug-likeness (QED) is 0.596. The number of nitrogens with two attached hydrogens (primary N) is 1. The number of benzene rings is 2. The average Bonchev–Trinajstić information content (AvgIpc) is 3.14. The van der Waals surface area contributed by atoms with Crippen molar-refractivity contribution in [1.29, 1.82) is 0 Å². The number of carbonyl (C=O) groups excluding carboxylic acids is 3. The molecule has 29 heavy (non-hydrogen) atoms. The second-order valence-electron chi connectivity index (χ2n) is 6.50. The van der Waals surface area contributed by atoms with Crippen LogP contribution in [0.1, 0.15) is 21.5 Å². The third-order valence-corrected chi connectivity index (χ3v) is 4.77. The molecule has 3 rings (SSSR count). The molecule has 0 spiro atoms. The van der Waals surface area contributed by atoms with Gasteiger partial charge in [-0.05, 0) is 36.2 Å². The standard InChI is InChI=1S/C20H20FN5O3/c1-11-4-3-5-14(21)15(11)17(27)26-13-8-6-12(7-9-13)20(19(22)29)16(18(28)23-2)24-10-25-20/h3-9,25H,10H2,1-2H3,(H2,22,29)(H,23,28)(H,26,27). The van der Waals surface area contributed by atoms with Gasteiger partial charge in [0.1, 0.15) is 11.5 Å². The van der Waals surface area contributed by atoms with Gasteiger partial charge in [0.25, 0.3) is 11.8 Å². The van der Waals surface area contributed by atoms with Crippen LogP contribution in [0.2, 0.25) is 0 Å². The van der Waals surface area contributed by atoms with Crippen molar-refractivity contribution in [3.8, 4) is 0 Å². The highest BCUT2D eigenvalue weighted by Crippen LogP contribution is 2.28. The van der Waals surface area contributed by atoms with Crippen LogP contribution < -0.4 is 21.7 Å². The summed E-state index contributed by atoms with van der Waals surface area (Å²) in [5, 5.41) is 7.94. The zero-order valence-corrected chi connectivity index (χ0v) is 15.9. The summed E-state index contributed by atoms with van der Waals surface area (Å²) in [5.41, 5.74) is 5.23. The molecule has 0 fully saturated rings. The molecule has 5 N–H and O–H groups in total. The lowest BCUT2D eigenvalue weighted by molar-refractivity contribution is -0.123. The van der Waals surface area contributed by atoms with Crippen molar-refractivity contribution in [3.63, 3.8) is 0 Å². The van der Waals surface area contributed by atoms with E-state index in [2.05, 4.69) is 20.9 Å². The maximum Gasteiger partial charge on any atom is 0.267 e. The van der Waals surface area contributed by atoms with Gasteiger partial charge in [0, 0.05) is 12.7 Å². The molecule has 0 saturated carbocycles. The number of nitrogens with zero attached hydrogens (tertiary/aromatic N) is 1. The minimum Gasteiger partial charge on any atom is -0.367 e. The maximum absolute atomic E-state index is 14.0. The van der Waals surface area contributed by atoms with Crippen LogP contribution in [0, 0.1) is 12.7 Å². The maximum atomic E-state index is 14.0. The molecular weight excluding hydrogens is 377 g/mol. The molecular formula is C20H20FN5O3. The monoisotopic (exact) mass is 397 g/mol. The van der Waals surface area contributed by atoms with Crippen molar-refractivity contribution >= 4 is 29.1 Å². The van der Waals surface area contributed by atoms with Gasteiger partial charge in [-0.2, -0.15) is 0 Å². The summed E-state index contributed by atoms with van der Waals surface area (Å²) in [5.74, 6) is -2.52. The third kappa shape index (κ3) is 3.47. The number of primary amides is 1. The van der Waals surface area contributed by atoms with Crippen LogP contribution in [0.15, 0.2) is 47.5 Å². The van der Waals surface area contributed by atoms with E-state index in [0.717, 1.165) is 0 Å². The van der Waals surface area contributed by atoms with Crippen molar-refractivity contribution in [3.05, 3.63) is 65.0 Å². The Morgan fingerprint density at radius 1 is 1.14 bits per heavy atom. The second-order valence-corrected chi connectivity index (χ2v) is 6.50. The van der Waals surface area contributed by atoms with Crippen molar-refractivity contribution in [1.82, 2.24) is 10.6 Å². The molecule has 3 amide bonds. The highest BCUT2D eigenvalue weighted by Gasteiger charge is 2.49. The van der Waals surface area contributed by atoms with Gasteiger partial charge >= 0.3 is 0 Å². The Morgan fingerprint density at radius 2 is 1.83 bits per heavy atom. The average molecular weight is 397 g/mol. The molecule has 8 nitrogen and oxygen atoms in total. The second kappa shape index (κ2) is 7.80. The molecule has 0 bridgehead atoms. The largest absolute Gasteiger partial charge is 0.367 e. The number of hydrogen-bond donors (Lipinski definition) is 4. The van der Waals surface area contributed by atoms with E-state index >= 15 is 0 Å². The van der Waals surface area contributed by atoms with Crippen LogP contribution in [0.25, 0.3) is 0 Å². The van der Waals surface area contributed by atoms with Crippen molar-refractivity contribution in [2.24, 2.45) is 10.7 Å². The lowest BCUT2D eigenvalue weighted by Gasteiger charge is -2.27. The highest BCUT2D eigenvalue weighted by atomic mass is 19.1. The van der Waals surface area contributed by atoms with E-state index in [1.165, 1.54) is 31.3 Å². The van der Waals surface area contributed by atoms with E-state index in [1.54, 1.807) is 25.1 Å². The predicted molar refractivity (Wildman–Crippen MR) is 106 cm³/mol. The number of carbonyl (C=O) groups is 3. The molecule has 0 aliphatic carbocycles. The van der Waals surface area contributed by atoms with Gasteiger partial charge in [0.2, 0.25) is 5.91 Å². The van der Waals surface area contributed by atoms with Crippen molar-refractivity contribution in [2.75, 3.05) is 19.0 Å². The molecule has 1 atom stereocenters. The summed E-state index contributed by atoms with van der Waals surface area (Å²) in [6.45, 7) is 1.69. The molecule has 0 saturated heterocycles. The van der Waals surface area contributed by atoms with Gasteiger partial charge in [-0.3, -0.25) is 24.7 Å². The van der Waals surface area contributed by atoms with Gasteiger partial charge < -0.3 is 16.4 Å². The molecule has 1 heterocycles. The Hall–Kier alpha value is -3.59. The lowest BCUT2D eigenvalue weighted by Crippen LogP contribution is -2.58. The van der Waals surface area contributed by atoms with Crippen molar-refractivity contribution in [2.45, 2.75) is 12.5 Å². The number of rotatable bonds is 5. The number of halogens is 1. The fourth-order valence-electron chi connectivity index (χ4n) is 3.30.